The molecular formula is C19H23N3O5. The Morgan fingerprint density at radius 1 is 1.19 bits per heavy atom. The summed E-state index contributed by atoms with van der Waals surface area (Å²) in [5, 5.41) is 7.76. The Labute approximate surface area is 158 Å². The summed E-state index contributed by atoms with van der Waals surface area (Å²) in [4.78, 5) is 25.1. The first-order chi connectivity index (χ1) is 12.8. The average Bonchev–Trinajstić information content (AvgIpc) is 2.64. The van der Waals surface area contributed by atoms with E-state index < -0.39 is 11.7 Å². The Kier molecular flexibility index (Phi) is 6.33. The van der Waals surface area contributed by atoms with Crippen LogP contribution in [0.3, 0.4) is 0 Å². The van der Waals surface area contributed by atoms with Crippen molar-refractivity contribution in [3.63, 3.8) is 0 Å². The third kappa shape index (κ3) is 5.40. The van der Waals surface area contributed by atoms with Crippen LogP contribution in [0.5, 0.6) is 11.5 Å². The molecule has 8 nitrogen and oxygen atoms in total. The number of methoxy groups -OCH3 is 2. The normalized spacial score (nSPS) is 10.9. The zero-order chi connectivity index (χ0) is 20.0. The molecule has 1 aromatic carbocycles. The molecule has 0 unspecified atom stereocenters. The summed E-state index contributed by atoms with van der Waals surface area (Å²) in [5.74, 6) is 1.37. The molecule has 0 aliphatic carbocycles. The third-order valence-electron chi connectivity index (χ3n) is 3.51. The van der Waals surface area contributed by atoms with Gasteiger partial charge in [-0.3, -0.25) is 9.69 Å². The van der Waals surface area contributed by atoms with E-state index in [0.29, 0.717) is 28.9 Å². The van der Waals surface area contributed by atoms with Gasteiger partial charge in [-0.2, -0.15) is 5.10 Å². The van der Waals surface area contributed by atoms with Gasteiger partial charge in [0.25, 0.3) is 0 Å². The van der Waals surface area contributed by atoms with Gasteiger partial charge < -0.3 is 14.2 Å². The number of carbonyl (C=O) groups is 2. The van der Waals surface area contributed by atoms with Crippen LogP contribution in [0.15, 0.2) is 30.5 Å². The SMILES string of the molecule is COc1ccc(CN(C(=O)OC(C)(C)C)c2cc(C=O)cnn2)c(OC)c1. The second kappa shape index (κ2) is 8.48. The first-order valence-corrected chi connectivity index (χ1v) is 8.26. The molecule has 0 bridgehead atoms. The smallest absolute Gasteiger partial charge is 0.416 e. The molecule has 0 saturated heterocycles. The zero-order valence-corrected chi connectivity index (χ0v) is 16.1. The Morgan fingerprint density at radius 3 is 2.52 bits per heavy atom. The standard InChI is InChI=1S/C19H23N3O5/c1-19(2,3)27-18(24)22(17-8-13(12-23)10-20-21-17)11-14-6-7-15(25-4)9-16(14)26-5/h6-10,12H,11H2,1-5H3. The lowest BCUT2D eigenvalue weighted by atomic mass is 10.1. The van der Waals surface area contributed by atoms with Crippen LogP contribution < -0.4 is 14.4 Å². The van der Waals surface area contributed by atoms with E-state index in [0.717, 1.165) is 0 Å². The fraction of sp³-hybridized carbons (Fsp3) is 0.368. The molecule has 144 valence electrons. The van der Waals surface area contributed by atoms with Crippen LogP contribution in [-0.4, -0.2) is 42.4 Å². The highest BCUT2D eigenvalue weighted by Gasteiger charge is 2.26. The van der Waals surface area contributed by atoms with Gasteiger partial charge in [0.05, 0.1) is 27.0 Å². The predicted molar refractivity (Wildman–Crippen MR) is 99.4 cm³/mol. The van der Waals surface area contributed by atoms with Gasteiger partial charge in [0.2, 0.25) is 0 Å². The minimum Gasteiger partial charge on any atom is -0.497 e. The van der Waals surface area contributed by atoms with Crippen LogP contribution in [0.1, 0.15) is 36.7 Å². The van der Waals surface area contributed by atoms with E-state index in [9.17, 15) is 9.59 Å². The Morgan fingerprint density at radius 2 is 1.93 bits per heavy atom. The molecule has 27 heavy (non-hydrogen) atoms. The number of aldehydes is 1. The highest BCUT2D eigenvalue weighted by molar-refractivity contribution is 5.88. The van der Waals surface area contributed by atoms with E-state index in [1.165, 1.54) is 24.3 Å². The molecule has 1 amide bonds. The van der Waals surface area contributed by atoms with Crippen molar-refractivity contribution in [2.45, 2.75) is 32.9 Å². The summed E-state index contributed by atoms with van der Waals surface area (Å²) < 4.78 is 16.1. The lowest BCUT2D eigenvalue weighted by molar-refractivity contribution is 0.0575. The summed E-state index contributed by atoms with van der Waals surface area (Å²) in [5.41, 5.74) is 0.312. The maximum absolute atomic E-state index is 12.8. The lowest BCUT2D eigenvalue weighted by Crippen LogP contribution is -2.37. The van der Waals surface area contributed by atoms with E-state index in [4.69, 9.17) is 14.2 Å². The minimum atomic E-state index is -0.699. The Bertz CT molecular complexity index is 817. The van der Waals surface area contributed by atoms with E-state index in [2.05, 4.69) is 10.2 Å². The number of carbonyl (C=O) groups excluding carboxylic acids is 2. The topological polar surface area (TPSA) is 90.8 Å². The second-order valence-electron chi connectivity index (χ2n) is 6.71. The van der Waals surface area contributed by atoms with Gasteiger partial charge in [0.1, 0.15) is 17.1 Å². The molecule has 0 aliphatic heterocycles. The maximum atomic E-state index is 12.8. The molecule has 0 fully saturated rings. The Hall–Kier alpha value is -3.16. The van der Waals surface area contributed by atoms with Gasteiger partial charge >= 0.3 is 6.09 Å². The third-order valence-corrected chi connectivity index (χ3v) is 3.51. The number of anilines is 1. The van der Waals surface area contributed by atoms with Crippen molar-refractivity contribution in [1.82, 2.24) is 10.2 Å². The van der Waals surface area contributed by atoms with Crippen molar-refractivity contribution in [2.75, 3.05) is 19.1 Å². The molecule has 1 heterocycles. The molecular weight excluding hydrogens is 350 g/mol. The molecule has 0 aliphatic rings. The van der Waals surface area contributed by atoms with E-state index in [1.54, 1.807) is 46.1 Å². The van der Waals surface area contributed by atoms with Crippen LogP contribution in [0.25, 0.3) is 0 Å². The van der Waals surface area contributed by atoms with Gasteiger partial charge in [-0.05, 0) is 39.0 Å². The number of hydrogen-bond acceptors (Lipinski definition) is 7. The number of hydrogen-bond donors (Lipinski definition) is 0. The van der Waals surface area contributed by atoms with Gasteiger partial charge in [0, 0.05) is 17.2 Å². The average molecular weight is 373 g/mol. The van der Waals surface area contributed by atoms with Crippen LogP contribution >= 0.6 is 0 Å². The number of ether oxygens (including phenoxy) is 3. The summed E-state index contributed by atoms with van der Waals surface area (Å²) in [6.07, 6.45) is 1.34. The highest BCUT2D eigenvalue weighted by Crippen LogP contribution is 2.28. The summed E-state index contributed by atoms with van der Waals surface area (Å²) in [6, 6.07) is 6.74. The molecule has 1 aromatic heterocycles. The van der Waals surface area contributed by atoms with Gasteiger partial charge in [0.15, 0.2) is 12.1 Å². The molecule has 0 atom stereocenters. The van der Waals surface area contributed by atoms with Crippen LogP contribution in [0.4, 0.5) is 10.6 Å². The maximum Gasteiger partial charge on any atom is 0.416 e. The fourth-order valence-electron chi connectivity index (χ4n) is 2.28. The molecule has 2 rings (SSSR count). The summed E-state index contributed by atoms with van der Waals surface area (Å²) in [6.45, 7) is 5.42. The van der Waals surface area contributed by atoms with Crippen LogP contribution in [0.2, 0.25) is 0 Å². The molecule has 2 aromatic rings. The van der Waals surface area contributed by atoms with Crippen molar-refractivity contribution in [3.05, 3.63) is 41.6 Å². The van der Waals surface area contributed by atoms with Gasteiger partial charge in [-0.25, -0.2) is 4.79 Å². The quantitative estimate of drug-likeness (QED) is 0.718. The predicted octanol–water partition coefficient (Wildman–Crippen LogP) is 3.25. The molecule has 0 saturated carbocycles. The number of rotatable bonds is 6. The second-order valence-corrected chi connectivity index (χ2v) is 6.71. The minimum absolute atomic E-state index is 0.110. The summed E-state index contributed by atoms with van der Waals surface area (Å²) >= 11 is 0. The molecule has 0 N–H and O–H groups in total. The molecule has 0 radical (unpaired) electrons. The number of benzene rings is 1. The molecule has 8 heteroatoms. The van der Waals surface area contributed by atoms with Gasteiger partial charge in [-0.15, -0.1) is 5.10 Å². The van der Waals surface area contributed by atoms with E-state index in [-0.39, 0.29) is 12.4 Å². The van der Waals surface area contributed by atoms with E-state index in [1.807, 2.05) is 0 Å². The van der Waals surface area contributed by atoms with Crippen molar-refractivity contribution in [1.29, 1.82) is 0 Å². The first kappa shape index (κ1) is 20.2. The van der Waals surface area contributed by atoms with Crippen LogP contribution in [-0.2, 0) is 11.3 Å². The van der Waals surface area contributed by atoms with Crippen molar-refractivity contribution < 1.29 is 23.8 Å². The van der Waals surface area contributed by atoms with Crippen LogP contribution in [0, 0.1) is 0 Å². The first-order valence-electron chi connectivity index (χ1n) is 8.26. The Balaban J connectivity index is 2.43. The van der Waals surface area contributed by atoms with Crippen molar-refractivity contribution in [2.24, 2.45) is 0 Å². The molecule has 0 spiro atoms. The monoisotopic (exact) mass is 373 g/mol. The van der Waals surface area contributed by atoms with Crippen molar-refractivity contribution >= 4 is 18.2 Å². The van der Waals surface area contributed by atoms with Crippen molar-refractivity contribution in [3.8, 4) is 11.5 Å². The zero-order valence-electron chi connectivity index (χ0n) is 16.1. The largest absolute Gasteiger partial charge is 0.497 e. The fourth-order valence-corrected chi connectivity index (χ4v) is 2.28. The number of amides is 1. The number of aromatic nitrogens is 2. The highest BCUT2D eigenvalue weighted by atomic mass is 16.6. The summed E-state index contributed by atoms with van der Waals surface area (Å²) in [7, 11) is 3.09. The van der Waals surface area contributed by atoms with E-state index >= 15 is 0 Å². The van der Waals surface area contributed by atoms with Gasteiger partial charge in [-0.1, -0.05) is 0 Å². The lowest BCUT2D eigenvalue weighted by Gasteiger charge is -2.27. The number of nitrogens with zero attached hydrogens (tertiary/aromatic N) is 3.